The van der Waals surface area contributed by atoms with Crippen LogP contribution in [0.15, 0.2) is 0 Å². The number of carbonyl (C=O) groups is 1. The number of nitrogens with one attached hydrogen (secondary N) is 2. The van der Waals surface area contributed by atoms with Gasteiger partial charge in [0.2, 0.25) is 0 Å². The van der Waals surface area contributed by atoms with Crippen molar-refractivity contribution < 1.29 is 9.53 Å². The number of ether oxygens (including phenoxy) is 1. The summed E-state index contributed by atoms with van der Waals surface area (Å²) in [6.45, 7) is 2.51. The normalized spacial score (nSPS) is 42.0. The summed E-state index contributed by atoms with van der Waals surface area (Å²) in [7, 11) is 0. The summed E-state index contributed by atoms with van der Waals surface area (Å²) in [5, 5.41) is 6.43. The maximum Gasteiger partial charge on any atom is 0.315 e. The first-order valence-corrected chi connectivity index (χ1v) is 8.90. The van der Waals surface area contributed by atoms with Gasteiger partial charge in [-0.1, -0.05) is 0 Å². The van der Waals surface area contributed by atoms with Crippen LogP contribution in [0.5, 0.6) is 0 Å². The molecule has 118 valence electrons. The zero-order valence-electron chi connectivity index (χ0n) is 12.9. The van der Waals surface area contributed by atoms with Gasteiger partial charge in [-0.2, -0.15) is 0 Å². The maximum atomic E-state index is 12.2. The van der Waals surface area contributed by atoms with Gasteiger partial charge in [0.25, 0.3) is 0 Å². The molecule has 0 unspecified atom stereocenters. The summed E-state index contributed by atoms with van der Waals surface area (Å²) in [5.41, 5.74) is 0. The molecule has 5 fully saturated rings. The molecule has 0 radical (unpaired) electrons. The molecule has 2 amide bonds. The second-order valence-electron chi connectivity index (χ2n) is 7.87. The molecule has 5 aliphatic rings. The van der Waals surface area contributed by atoms with Crippen LogP contribution in [0.4, 0.5) is 4.79 Å². The van der Waals surface area contributed by atoms with E-state index in [-0.39, 0.29) is 6.03 Å². The summed E-state index contributed by atoms with van der Waals surface area (Å²) in [6, 6.07) is 0.520. The Hall–Kier alpha value is -0.770. The Bertz CT molecular complexity index is 364. The molecule has 0 atom stereocenters. The lowest BCUT2D eigenvalue weighted by atomic mass is 9.54. The van der Waals surface area contributed by atoms with Crippen molar-refractivity contribution in [2.45, 2.75) is 51.0 Å². The van der Waals surface area contributed by atoms with Crippen LogP contribution >= 0.6 is 0 Å². The smallest absolute Gasteiger partial charge is 0.315 e. The van der Waals surface area contributed by atoms with Gasteiger partial charge in [0.05, 0.1) is 0 Å². The van der Waals surface area contributed by atoms with E-state index in [0.717, 1.165) is 56.3 Å². The number of carbonyl (C=O) groups excluding carboxylic acids is 1. The van der Waals surface area contributed by atoms with Crippen LogP contribution in [-0.2, 0) is 4.74 Å². The van der Waals surface area contributed by atoms with Crippen molar-refractivity contribution in [3.8, 4) is 0 Å². The molecule has 4 heteroatoms. The van der Waals surface area contributed by atoms with E-state index in [9.17, 15) is 4.79 Å². The van der Waals surface area contributed by atoms with Gasteiger partial charge < -0.3 is 15.4 Å². The highest BCUT2D eigenvalue weighted by Gasteiger charge is 2.48. The Morgan fingerprint density at radius 1 is 0.952 bits per heavy atom. The molecule has 0 aromatic carbocycles. The van der Waals surface area contributed by atoms with E-state index in [4.69, 9.17) is 4.74 Å². The molecule has 1 heterocycles. The highest BCUT2D eigenvalue weighted by molar-refractivity contribution is 5.74. The number of amides is 2. The second-order valence-corrected chi connectivity index (χ2v) is 7.87. The second kappa shape index (κ2) is 5.79. The van der Waals surface area contributed by atoms with Crippen molar-refractivity contribution in [1.82, 2.24) is 10.6 Å². The largest absolute Gasteiger partial charge is 0.381 e. The molecule has 1 saturated heterocycles. The van der Waals surface area contributed by atoms with Crippen molar-refractivity contribution in [2.24, 2.45) is 29.6 Å². The van der Waals surface area contributed by atoms with Crippen LogP contribution < -0.4 is 10.6 Å². The number of hydrogen-bond acceptors (Lipinski definition) is 2. The Morgan fingerprint density at radius 2 is 1.57 bits per heavy atom. The minimum absolute atomic E-state index is 0.0685. The maximum absolute atomic E-state index is 12.2. The molecule has 4 saturated carbocycles. The van der Waals surface area contributed by atoms with E-state index in [2.05, 4.69) is 10.6 Å². The van der Waals surface area contributed by atoms with E-state index < -0.39 is 0 Å². The average Bonchev–Trinajstić information content (AvgIpc) is 2.49. The fourth-order valence-electron chi connectivity index (χ4n) is 5.55. The summed E-state index contributed by atoms with van der Waals surface area (Å²) in [5.74, 6) is 4.06. The van der Waals surface area contributed by atoms with Crippen LogP contribution in [0.2, 0.25) is 0 Å². The third-order valence-corrected chi connectivity index (χ3v) is 6.42. The molecule has 4 nitrogen and oxygen atoms in total. The van der Waals surface area contributed by atoms with Crippen molar-refractivity contribution in [3.05, 3.63) is 0 Å². The number of rotatable bonds is 3. The van der Waals surface area contributed by atoms with Crippen LogP contribution in [0, 0.1) is 29.6 Å². The van der Waals surface area contributed by atoms with Crippen molar-refractivity contribution in [3.63, 3.8) is 0 Å². The SMILES string of the molecule is O=C(NCC1CCOCC1)NC1C2CC3CC(C2)CC1C3. The lowest BCUT2D eigenvalue weighted by Crippen LogP contribution is -2.57. The van der Waals surface area contributed by atoms with Crippen LogP contribution in [0.3, 0.4) is 0 Å². The Kier molecular flexibility index (Phi) is 3.82. The lowest BCUT2D eigenvalue weighted by molar-refractivity contribution is -0.00951. The van der Waals surface area contributed by atoms with Crippen LogP contribution in [-0.4, -0.2) is 31.8 Å². The van der Waals surface area contributed by atoms with Gasteiger partial charge in [-0.05, 0) is 74.5 Å². The van der Waals surface area contributed by atoms with Gasteiger partial charge in [0, 0.05) is 25.8 Å². The van der Waals surface area contributed by atoms with Gasteiger partial charge in [0.1, 0.15) is 0 Å². The van der Waals surface area contributed by atoms with Gasteiger partial charge in [-0.3, -0.25) is 0 Å². The first kappa shape index (κ1) is 13.9. The third kappa shape index (κ3) is 2.92. The fraction of sp³-hybridized carbons (Fsp3) is 0.941. The summed E-state index contributed by atoms with van der Waals surface area (Å²) in [4.78, 5) is 12.2. The minimum atomic E-state index is 0.0685. The Balaban J connectivity index is 1.26. The van der Waals surface area contributed by atoms with E-state index in [1.165, 1.54) is 32.1 Å². The highest BCUT2D eigenvalue weighted by Crippen LogP contribution is 2.53. The molecular formula is C17H28N2O2. The van der Waals surface area contributed by atoms with Gasteiger partial charge >= 0.3 is 6.03 Å². The lowest BCUT2D eigenvalue weighted by Gasteiger charge is -2.54. The van der Waals surface area contributed by atoms with Gasteiger partial charge in [-0.15, -0.1) is 0 Å². The van der Waals surface area contributed by atoms with E-state index >= 15 is 0 Å². The first-order valence-electron chi connectivity index (χ1n) is 8.90. The predicted molar refractivity (Wildman–Crippen MR) is 80.9 cm³/mol. The fourth-order valence-corrected chi connectivity index (χ4v) is 5.55. The zero-order chi connectivity index (χ0) is 14.2. The van der Waals surface area contributed by atoms with Crippen molar-refractivity contribution >= 4 is 6.03 Å². The summed E-state index contributed by atoms with van der Waals surface area (Å²) < 4.78 is 5.36. The molecule has 2 N–H and O–H groups in total. The third-order valence-electron chi connectivity index (χ3n) is 6.42. The molecule has 0 spiro atoms. The van der Waals surface area contributed by atoms with E-state index in [1.54, 1.807) is 0 Å². The van der Waals surface area contributed by atoms with Crippen LogP contribution in [0.25, 0.3) is 0 Å². The first-order chi connectivity index (χ1) is 10.3. The molecular weight excluding hydrogens is 264 g/mol. The quantitative estimate of drug-likeness (QED) is 0.840. The monoisotopic (exact) mass is 292 g/mol. The number of hydrogen-bond donors (Lipinski definition) is 2. The van der Waals surface area contributed by atoms with E-state index in [0.29, 0.717) is 12.0 Å². The molecule has 4 aliphatic carbocycles. The number of urea groups is 1. The van der Waals surface area contributed by atoms with Crippen LogP contribution in [0.1, 0.15) is 44.9 Å². The Morgan fingerprint density at radius 3 is 2.19 bits per heavy atom. The summed E-state index contributed by atoms with van der Waals surface area (Å²) in [6.07, 6.45) is 9.07. The topological polar surface area (TPSA) is 50.4 Å². The van der Waals surface area contributed by atoms with Gasteiger partial charge in [-0.25, -0.2) is 4.79 Å². The zero-order valence-corrected chi connectivity index (χ0v) is 12.9. The average molecular weight is 292 g/mol. The highest BCUT2D eigenvalue weighted by atomic mass is 16.5. The predicted octanol–water partition coefficient (Wildman–Crippen LogP) is 2.54. The molecule has 1 aliphatic heterocycles. The molecule has 0 aromatic rings. The molecule has 5 rings (SSSR count). The summed E-state index contributed by atoms with van der Waals surface area (Å²) >= 11 is 0. The molecule has 21 heavy (non-hydrogen) atoms. The molecule has 0 aromatic heterocycles. The minimum Gasteiger partial charge on any atom is -0.381 e. The molecule has 4 bridgehead atoms. The standard InChI is InChI=1S/C17H28N2O2/c20-17(18-10-11-1-3-21-4-2-11)19-16-14-6-12-5-13(8-14)9-15(16)7-12/h11-16H,1-10H2,(H2,18,19,20). The Labute approximate surface area is 127 Å². The van der Waals surface area contributed by atoms with Gasteiger partial charge in [0.15, 0.2) is 0 Å². The van der Waals surface area contributed by atoms with Crippen molar-refractivity contribution in [1.29, 1.82) is 0 Å². The van der Waals surface area contributed by atoms with E-state index in [1.807, 2.05) is 0 Å². The van der Waals surface area contributed by atoms with Crippen molar-refractivity contribution in [2.75, 3.05) is 19.8 Å².